The van der Waals surface area contributed by atoms with E-state index in [0.29, 0.717) is 24.3 Å². The van der Waals surface area contributed by atoms with E-state index in [0.717, 1.165) is 18.0 Å². The van der Waals surface area contributed by atoms with Crippen LogP contribution in [0.3, 0.4) is 0 Å². The molecule has 0 saturated carbocycles. The van der Waals surface area contributed by atoms with E-state index in [4.69, 9.17) is 0 Å². The van der Waals surface area contributed by atoms with Crippen molar-refractivity contribution in [1.82, 2.24) is 4.90 Å². The third kappa shape index (κ3) is 4.49. The van der Waals surface area contributed by atoms with E-state index < -0.39 is 4.92 Å². The van der Waals surface area contributed by atoms with Crippen LogP contribution in [0, 0.1) is 17.0 Å². The van der Waals surface area contributed by atoms with Crippen molar-refractivity contribution in [2.24, 2.45) is 0 Å². The third-order valence-corrected chi connectivity index (χ3v) is 4.02. The van der Waals surface area contributed by atoms with Crippen molar-refractivity contribution in [3.63, 3.8) is 0 Å². The molecule has 8 heteroatoms. The number of hydrogen-bond acceptors (Lipinski definition) is 4. The van der Waals surface area contributed by atoms with Gasteiger partial charge in [0.2, 0.25) is 5.91 Å². The molecule has 2 amide bonds. The lowest BCUT2D eigenvalue weighted by Crippen LogP contribution is -3.15. The van der Waals surface area contributed by atoms with Gasteiger partial charge in [0.1, 0.15) is 0 Å². The smallest absolute Gasteiger partial charge is 0.279 e. The summed E-state index contributed by atoms with van der Waals surface area (Å²) in [5.74, 6) is -0.130. The van der Waals surface area contributed by atoms with E-state index in [2.05, 4.69) is 5.32 Å². The first kappa shape index (κ1) is 16.9. The third-order valence-electron chi connectivity index (χ3n) is 4.02. The van der Waals surface area contributed by atoms with Gasteiger partial charge in [-0.05, 0) is 13.0 Å². The first-order valence-corrected chi connectivity index (χ1v) is 7.51. The summed E-state index contributed by atoms with van der Waals surface area (Å²) in [6.45, 7) is 6.22. The second-order valence-corrected chi connectivity index (χ2v) is 5.74. The fraction of sp³-hybridized carbons (Fsp3) is 0.467. The highest BCUT2D eigenvalue weighted by Crippen LogP contribution is 2.22. The van der Waals surface area contributed by atoms with Crippen molar-refractivity contribution in [3.8, 4) is 0 Å². The van der Waals surface area contributed by atoms with E-state index in [1.165, 1.54) is 6.07 Å². The maximum atomic E-state index is 12.1. The normalized spacial score (nSPS) is 15.3. The summed E-state index contributed by atoms with van der Waals surface area (Å²) in [5.41, 5.74) is 0.971. The van der Waals surface area contributed by atoms with E-state index in [9.17, 15) is 19.7 Å². The van der Waals surface area contributed by atoms with Crippen LogP contribution < -0.4 is 10.2 Å². The second kappa shape index (κ2) is 7.19. The molecule has 0 bridgehead atoms. The van der Waals surface area contributed by atoms with Gasteiger partial charge in [-0.2, -0.15) is 0 Å². The molecule has 0 radical (unpaired) electrons. The monoisotopic (exact) mass is 321 g/mol. The summed E-state index contributed by atoms with van der Waals surface area (Å²) >= 11 is 0. The molecule has 124 valence electrons. The van der Waals surface area contributed by atoms with Crippen molar-refractivity contribution in [3.05, 3.63) is 33.9 Å². The fourth-order valence-corrected chi connectivity index (χ4v) is 2.63. The van der Waals surface area contributed by atoms with Gasteiger partial charge in [0, 0.05) is 24.2 Å². The topological polar surface area (TPSA) is 97.0 Å². The number of piperazine rings is 1. The Morgan fingerprint density at radius 1 is 1.35 bits per heavy atom. The van der Waals surface area contributed by atoms with E-state index in [-0.39, 0.29) is 24.0 Å². The number of nitrogens with zero attached hydrogens (tertiary/aromatic N) is 2. The van der Waals surface area contributed by atoms with Crippen LogP contribution in [0.25, 0.3) is 0 Å². The number of nitrogens with one attached hydrogen (secondary N) is 2. The van der Waals surface area contributed by atoms with Gasteiger partial charge in [0.05, 0.1) is 31.1 Å². The lowest BCUT2D eigenvalue weighted by Gasteiger charge is -2.31. The first-order chi connectivity index (χ1) is 10.9. The Kier molecular flexibility index (Phi) is 5.28. The van der Waals surface area contributed by atoms with Crippen molar-refractivity contribution in [2.45, 2.75) is 13.8 Å². The molecular weight excluding hydrogens is 300 g/mol. The zero-order valence-corrected chi connectivity index (χ0v) is 13.3. The average molecular weight is 321 g/mol. The number of rotatable bonds is 4. The van der Waals surface area contributed by atoms with Crippen LogP contribution in [0.15, 0.2) is 18.2 Å². The number of aryl methyl sites for hydroxylation is 1. The van der Waals surface area contributed by atoms with Gasteiger partial charge in [-0.1, -0.05) is 6.07 Å². The van der Waals surface area contributed by atoms with Gasteiger partial charge >= 0.3 is 0 Å². The molecule has 1 aromatic rings. The Hall–Kier alpha value is -2.48. The summed E-state index contributed by atoms with van der Waals surface area (Å²) in [6, 6.07) is 4.64. The number of amides is 2. The number of benzene rings is 1. The molecule has 0 spiro atoms. The summed E-state index contributed by atoms with van der Waals surface area (Å²) in [4.78, 5) is 36.7. The molecule has 1 saturated heterocycles. The highest BCUT2D eigenvalue weighted by atomic mass is 16.6. The van der Waals surface area contributed by atoms with Gasteiger partial charge in [-0.25, -0.2) is 0 Å². The van der Waals surface area contributed by atoms with Crippen LogP contribution in [-0.4, -0.2) is 54.4 Å². The molecule has 0 aromatic heterocycles. The van der Waals surface area contributed by atoms with Gasteiger partial charge in [0.15, 0.2) is 6.54 Å². The van der Waals surface area contributed by atoms with E-state index >= 15 is 0 Å². The Labute approximate surface area is 134 Å². The SMILES string of the molecule is CC(=O)N1CC[NH+](CC(=O)Nc2ccc(C)c([N+](=O)[O-])c2)CC1. The van der Waals surface area contributed by atoms with Crippen molar-refractivity contribution in [1.29, 1.82) is 0 Å². The fourth-order valence-electron chi connectivity index (χ4n) is 2.63. The molecule has 0 aliphatic carbocycles. The summed E-state index contributed by atoms with van der Waals surface area (Å²) in [5, 5.41) is 13.6. The molecule has 1 aromatic carbocycles. The summed E-state index contributed by atoms with van der Waals surface area (Å²) in [7, 11) is 0. The number of carbonyl (C=O) groups excluding carboxylic acids is 2. The van der Waals surface area contributed by atoms with Crippen LogP contribution in [0.2, 0.25) is 0 Å². The summed E-state index contributed by atoms with van der Waals surface area (Å²) < 4.78 is 0. The highest BCUT2D eigenvalue weighted by molar-refractivity contribution is 5.91. The lowest BCUT2D eigenvalue weighted by molar-refractivity contribution is -0.895. The maximum Gasteiger partial charge on any atom is 0.279 e. The van der Waals surface area contributed by atoms with Crippen molar-refractivity contribution < 1.29 is 19.4 Å². The molecule has 1 aliphatic heterocycles. The van der Waals surface area contributed by atoms with Gasteiger partial charge in [0.25, 0.3) is 11.6 Å². The molecule has 0 atom stereocenters. The zero-order chi connectivity index (χ0) is 17.0. The minimum atomic E-state index is -0.461. The maximum absolute atomic E-state index is 12.1. The van der Waals surface area contributed by atoms with E-state index in [1.54, 1.807) is 30.9 Å². The van der Waals surface area contributed by atoms with E-state index in [1.807, 2.05) is 0 Å². The van der Waals surface area contributed by atoms with Gasteiger partial charge in [-0.3, -0.25) is 19.7 Å². The van der Waals surface area contributed by atoms with Crippen LogP contribution >= 0.6 is 0 Å². The summed E-state index contributed by atoms with van der Waals surface area (Å²) in [6.07, 6.45) is 0. The predicted molar refractivity (Wildman–Crippen MR) is 84.3 cm³/mol. The van der Waals surface area contributed by atoms with Crippen LogP contribution in [0.5, 0.6) is 0 Å². The largest absolute Gasteiger partial charge is 0.332 e. The minimum absolute atomic E-state index is 0.00906. The number of carbonyl (C=O) groups is 2. The molecule has 1 fully saturated rings. The Balaban J connectivity index is 1.89. The molecule has 8 nitrogen and oxygen atoms in total. The zero-order valence-electron chi connectivity index (χ0n) is 13.3. The second-order valence-electron chi connectivity index (χ2n) is 5.74. The number of anilines is 1. The number of nitro benzene ring substituents is 1. The Morgan fingerprint density at radius 2 is 2.00 bits per heavy atom. The Morgan fingerprint density at radius 3 is 2.57 bits per heavy atom. The first-order valence-electron chi connectivity index (χ1n) is 7.51. The average Bonchev–Trinajstić information content (AvgIpc) is 2.49. The minimum Gasteiger partial charge on any atom is -0.332 e. The quantitative estimate of drug-likeness (QED) is 0.582. The molecule has 2 rings (SSSR count). The number of nitro groups is 1. The van der Waals surface area contributed by atoms with Crippen molar-refractivity contribution in [2.75, 3.05) is 38.0 Å². The molecule has 1 aliphatic rings. The van der Waals surface area contributed by atoms with Crippen LogP contribution in [0.4, 0.5) is 11.4 Å². The van der Waals surface area contributed by atoms with Gasteiger partial charge in [-0.15, -0.1) is 0 Å². The van der Waals surface area contributed by atoms with Crippen molar-refractivity contribution >= 4 is 23.2 Å². The predicted octanol–water partition coefficient (Wildman–Crippen LogP) is -0.411. The molecule has 0 unspecified atom stereocenters. The molecule has 2 N–H and O–H groups in total. The number of hydrogen-bond donors (Lipinski definition) is 2. The van der Waals surface area contributed by atoms with Crippen LogP contribution in [-0.2, 0) is 9.59 Å². The molecule has 1 heterocycles. The highest BCUT2D eigenvalue weighted by Gasteiger charge is 2.23. The standard InChI is InChI=1S/C15H20N4O4/c1-11-3-4-13(9-14(11)19(22)23)16-15(21)10-17-5-7-18(8-6-17)12(2)20/h3-4,9H,5-8,10H2,1-2H3,(H,16,21)/p+1. The molecular formula is C15H21N4O4+. The number of quaternary nitrogens is 1. The molecule has 23 heavy (non-hydrogen) atoms. The van der Waals surface area contributed by atoms with Gasteiger partial charge < -0.3 is 15.1 Å². The lowest BCUT2D eigenvalue weighted by atomic mass is 10.2. The Bertz CT molecular complexity index is 624. The van der Waals surface area contributed by atoms with Crippen LogP contribution in [0.1, 0.15) is 12.5 Å².